The van der Waals surface area contributed by atoms with Gasteiger partial charge in [0.2, 0.25) is 0 Å². The van der Waals surface area contributed by atoms with E-state index in [1.807, 2.05) is 12.1 Å². The Kier molecular flexibility index (Phi) is 3.71. The van der Waals surface area contributed by atoms with Crippen LogP contribution in [0.25, 0.3) is 10.9 Å². The predicted molar refractivity (Wildman–Crippen MR) is 79.5 cm³/mol. The average molecular weight is 253 g/mol. The van der Waals surface area contributed by atoms with Gasteiger partial charge in [-0.05, 0) is 44.9 Å². The monoisotopic (exact) mass is 253 g/mol. The summed E-state index contributed by atoms with van der Waals surface area (Å²) in [5.74, 6) is 0.800. The van der Waals surface area contributed by atoms with Gasteiger partial charge in [0, 0.05) is 18.5 Å². The fourth-order valence-electron chi connectivity index (χ4n) is 2.32. The maximum absolute atomic E-state index is 9.33. The topological polar surface area (TPSA) is 39.9 Å². The Morgan fingerprint density at radius 2 is 1.89 bits per heavy atom. The molecule has 0 aliphatic heterocycles. The molecule has 3 heteroatoms. The van der Waals surface area contributed by atoms with Crippen LogP contribution in [0.2, 0.25) is 0 Å². The summed E-state index contributed by atoms with van der Waals surface area (Å²) in [7, 11) is 0. The highest BCUT2D eigenvalue weighted by Gasteiger charge is 2.13. The second kappa shape index (κ2) is 5.27. The van der Waals surface area contributed by atoms with Crippen molar-refractivity contribution in [2.75, 3.05) is 18.0 Å². The fourth-order valence-corrected chi connectivity index (χ4v) is 2.32. The molecule has 3 nitrogen and oxygen atoms in total. The van der Waals surface area contributed by atoms with Crippen molar-refractivity contribution in [3.8, 4) is 6.07 Å². The molecule has 0 aliphatic rings. The maximum Gasteiger partial charge on any atom is 0.147 e. The number of nitriles is 1. The first-order valence-corrected chi connectivity index (χ1v) is 6.68. The molecule has 0 bridgehead atoms. The quantitative estimate of drug-likeness (QED) is 0.839. The smallest absolute Gasteiger partial charge is 0.147 e. The Hall–Kier alpha value is -2.08. The van der Waals surface area contributed by atoms with Crippen molar-refractivity contribution in [2.45, 2.75) is 27.7 Å². The van der Waals surface area contributed by atoms with E-state index >= 15 is 0 Å². The number of hydrogen-bond donors (Lipinski definition) is 0. The fraction of sp³-hybridized carbons (Fsp3) is 0.375. The molecule has 2 rings (SSSR count). The van der Waals surface area contributed by atoms with E-state index in [0.717, 1.165) is 29.8 Å². The maximum atomic E-state index is 9.33. The summed E-state index contributed by atoms with van der Waals surface area (Å²) in [6.07, 6.45) is 0. The molecule has 0 amide bonds. The van der Waals surface area contributed by atoms with E-state index in [0.29, 0.717) is 5.56 Å². The molecule has 2 aromatic rings. The van der Waals surface area contributed by atoms with Gasteiger partial charge < -0.3 is 4.90 Å². The minimum atomic E-state index is 0.652. The van der Waals surface area contributed by atoms with Crippen LogP contribution in [0.4, 0.5) is 5.82 Å². The zero-order valence-corrected chi connectivity index (χ0v) is 12.0. The molecule has 0 saturated heterocycles. The SMILES string of the molecule is CCN(CC)c1nc2c(C)c(C)ccc2cc1C#N. The molecule has 1 heterocycles. The number of nitrogens with zero attached hydrogens (tertiary/aromatic N) is 3. The van der Waals surface area contributed by atoms with Crippen molar-refractivity contribution < 1.29 is 0 Å². The zero-order chi connectivity index (χ0) is 14.0. The van der Waals surface area contributed by atoms with Crippen LogP contribution in [-0.4, -0.2) is 18.1 Å². The summed E-state index contributed by atoms with van der Waals surface area (Å²) in [5, 5.41) is 10.4. The molecule has 0 unspecified atom stereocenters. The van der Waals surface area contributed by atoms with Gasteiger partial charge in [0.25, 0.3) is 0 Å². The lowest BCUT2D eigenvalue weighted by Crippen LogP contribution is -2.24. The molecule has 0 radical (unpaired) electrons. The van der Waals surface area contributed by atoms with Gasteiger partial charge in [0.15, 0.2) is 0 Å². The van der Waals surface area contributed by atoms with Crippen LogP contribution < -0.4 is 4.90 Å². The van der Waals surface area contributed by atoms with Gasteiger partial charge in [0.05, 0.1) is 11.1 Å². The Bertz CT molecular complexity index is 649. The summed E-state index contributed by atoms with van der Waals surface area (Å²) in [4.78, 5) is 6.88. The molecule has 1 aromatic heterocycles. The molecular formula is C16H19N3. The van der Waals surface area contributed by atoms with E-state index < -0.39 is 0 Å². The average Bonchev–Trinajstić information content (AvgIpc) is 2.44. The van der Waals surface area contributed by atoms with E-state index in [1.165, 1.54) is 11.1 Å². The van der Waals surface area contributed by atoms with Crippen molar-refractivity contribution in [2.24, 2.45) is 0 Å². The molecule has 0 saturated carbocycles. The highest BCUT2D eigenvalue weighted by Crippen LogP contribution is 2.26. The summed E-state index contributed by atoms with van der Waals surface area (Å²) in [6.45, 7) is 10.1. The minimum absolute atomic E-state index is 0.652. The number of benzene rings is 1. The lowest BCUT2D eigenvalue weighted by Gasteiger charge is -2.21. The van der Waals surface area contributed by atoms with Gasteiger partial charge in [-0.1, -0.05) is 12.1 Å². The summed E-state index contributed by atoms with van der Waals surface area (Å²) in [5.41, 5.74) is 4.07. The van der Waals surface area contributed by atoms with Gasteiger partial charge in [-0.15, -0.1) is 0 Å². The van der Waals surface area contributed by atoms with E-state index in [2.05, 4.69) is 44.7 Å². The van der Waals surface area contributed by atoms with Gasteiger partial charge in [0.1, 0.15) is 11.9 Å². The van der Waals surface area contributed by atoms with Crippen LogP contribution in [0.3, 0.4) is 0 Å². The largest absolute Gasteiger partial charge is 0.356 e. The number of aromatic nitrogens is 1. The molecule has 0 aliphatic carbocycles. The van der Waals surface area contributed by atoms with E-state index in [1.54, 1.807) is 0 Å². The lowest BCUT2D eigenvalue weighted by molar-refractivity contribution is 0.847. The molecule has 98 valence electrons. The Morgan fingerprint density at radius 1 is 1.21 bits per heavy atom. The number of rotatable bonds is 3. The van der Waals surface area contributed by atoms with E-state index in [4.69, 9.17) is 4.98 Å². The van der Waals surface area contributed by atoms with E-state index in [-0.39, 0.29) is 0 Å². The van der Waals surface area contributed by atoms with Crippen LogP contribution in [0, 0.1) is 25.2 Å². The summed E-state index contributed by atoms with van der Waals surface area (Å²) in [6, 6.07) is 8.33. The Morgan fingerprint density at radius 3 is 2.47 bits per heavy atom. The third kappa shape index (κ3) is 2.26. The Labute approximate surface area is 114 Å². The van der Waals surface area contributed by atoms with Crippen LogP contribution in [0.1, 0.15) is 30.5 Å². The second-order valence-corrected chi connectivity index (χ2v) is 4.72. The first-order valence-electron chi connectivity index (χ1n) is 6.68. The van der Waals surface area contributed by atoms with Crippen LogP contribution in [-0.2, 0) is 0 Å². The molecule has 0 spiro atoms. The first-order chi connectivity index (χ1) is 9.12. The first kappa shape index (κ1) is 13.4. The van der Waals surface area contributed by atoms with Crippen molar-refractivity contribution in [1.29, 1.82) is 5.26 Å². The molecule has 19 heavy (non-hydrogen) atoms. The van der Waals surface area contributed by atoms with Crippen molar-refractivity contribution in [1.82, 2.24) is 4.98 Å². The van der Waals surface area contributed by atoms with Crippen LogP contribution in [0.15, 0.2) is 18.2 Å². The summed E-state index contributed by atoms with van der Waals surface area (Å²) >= 11 is 0. The molecule has 1 aromatic carbocycles. The third-order valence-electron chi connectivity index (χ3n) is 3.67. The number of fused-ring (bicyclic) bond motifs is 1. The molecule has 0 fully saturated rings. The van der Waals surface area contributed by atoms with Gasteiger partial charge in [-0.3, -0.25) is 0 Å². The minimum Gasteiger partial charge on any atom is -0.356 e. The van der Waals surface area contributed by atoms with Crippen LogP contribution >= 0.6 is 0 Å². The highest BCUT2D eigenvalue weighted by atomic mass is 15.2. The number of anilines is 1. The van der Waals surface area contributed by atoms with Gasteiger partial charge >= 0.3 is 0 Å². The number of hydrogen-bond acceptors (Lipinski definition) is 3. The van der Waals surface area contributed by atoms with Crippen LogP contribution in [0.5, 0.6) is 0 Å². The second-order valence-electron chi connectivity index (χ2n) is 4.72. The van der Waals surface area contributed by atoms with Crippen molar-refractivity contribution in [3.05, 3.63) is 34.9 Å². The molecular weight excluding hydrogens is 234 g/mol. The van der Waals surface area contributed by atoms with Gasteiger partial charge in [-0.2, -0.15) is 5.26 Å². The molecule has 0 N–H and O–H groups in total. The highest BCUT2D eigenvalue weighted by molar-refractivity contribution is 5.86. The van der Waals surface area contributed by atoms with Crippen molar-refractivity contribution >= 4 is 16.7 Å². The third-order valence-corrected chi connectivity index (χ3v) is 3.67. The van der Waals surface area contributed by atoms with Crippen molar-refractivity contribution in [3.63, 3.8) is 0 Å². The van der Waals surface area contributed by atoms with Gasteiger partial charge in [-0.25, -0.2) is 4.98 Å². The standard InChI is InChI=1S/C16H19N3/c1-5-19(6-2)16-14(10-17)9-13-8-7-11(3)12(4)15(13)18-16/h7-9H,5-6H2,1-4H3. The number of aryl methyl sites for hydroxylation is 2. The predicted octanol–water partition coefficient (Wildman–Crippen LogP) is 3.57. The molecule has 0 atom stereocenters. The summed E-state index contributed by atoms with van der Waals surface area (Å²) < 4.78 is 0. The lowest BCUT2D eigenvalue weighted by atomic mass is 10.0. The zero-order valence-electron chi connectivity index (χ0n) is 12.0. The Balaban J connectivity index is 2.76. The number of pyridine rings is 1. The normalized spacial score (nSPS) is 10.5. The van der Waals surface area contributed by atoms with E-state index in [9.17, 15) is 5.26 Å².